The molecular formula is C9H14N2O2. The van der Waals surface area contributed by atoms with E-state index in [9.17, 15) is 0 Å². The fourth-order valence-electron chi connectivity index (χ4n) is 0.982. The lowest BCUT2D eigenvalue weighted by Crippen LogP contribution is -2.41. The summed E-state index contributed by atoms with van der Waals surface area (Å²) in [5.41, 5.74) is 6.12. The largest absolute Gasteiger partial charge is 0.374 e. The second kappa shape index (κ2) is 4.81. The Kier molecular flexibility index (Phi) is 3.70. The molecule has 0 aliphatic rings. The number of hydrogen-bond donors (Lipinski definition) is 3. The van der Waals surface area contributed by atoms with E-state index < -0.39 is 12.5 Å². The van der Waals surface area contributed by atoms with Crippen molar-refractivity contribution >= 4 is 5.69 Å². The molecule has 0 fully saturated rings. The smallest absolute Gasteiger partial charge is 0.166 e. The predicted molar refractivity (Wildman–Crippen MR) is 51.1 cm³/mol. The van der Waals surface area contributed by atoms with Crippen molar-refractivity contribution in [2.75, 3.05) is 12.4 Å². The molecule has 4 nitrogen and oxygen atoms in total. The van der Waals surface area contributed by atoms with Crippen molar-refractivity contribution in [1.82, 2.24) is 0 Å². The standard InChI is InChI=1S/C9H14N2O2/c1-13-9(8(10)12)11-7-5-3-2-4-6-7/h2-6,8-9,11-12H,10H2,1H3. The van der Waals surface area contributed by atoms with Gasteiger partial charge in [-0.25, -0.2) is 0 Å². The fourth-order valence-corrected chi connectivity index (χ4v) is 0.982. The molecule has 0 amide bonds. The van der Waals surface area contributed by atoms with Crippen molar-refractivity contribution in [1.29, 1.82) is 0 Å². The van der Waals surface area contributed by atoms with Gasteiger partial charge in [-0.1, -0.05) is 18.2 Å². The van der Waals surface area contributed by atoms with Crippen LogP contribution in [-0.4, -0.2) is 24.7 Å². The van der Waals surface area contributed by atoms with Crippen molar-refractivity contribution < 1.29 is 9.84 Å². The molecule has 0 aliphatic carbocycles. The topological polar surface area (TPSA) is 67.5 Å². The van der Waals surface area contributed by atoms with Crippen molar-refractivity contribution in [2.45, 2.75) is 12.5 Å². The molecular weight excluding hydrogens is 168 g/mol. The van der Waals surface area contributed by atoms with Crippen molar-refractivity contribution in [3.63, 3.8) is 0 Å². The zero-order valence-corrected chi connectivity index (χ0v) is 7.47. The summed E-state index contributed by atoms with van der Waals surface area (Å²) in [7, 11) is 1.48. The summed E-state index contributed by atoms with van der Waals surface area (Å²) in [6, 6.07) is 9.42. The number of methoxy groups -OCH3 is 1. The summed E-state index contributed by atoms with van der Waals surface area (Å²) in [5, 5.41) is 12.0. The number of anilines is 1. The van der Waals surface area contributed by atoms with Gasteiger partial charge in [0.05, 0.1) is 0 Å². The molecule has 4 N–H and O–H groups in total. The minimum absolute atomic E-state index is 0.581. The molecule has 0 saturated carbocycles. The van der Waals surface area contributed by atoms with Crippen LogP contribution in [0.25, 0.3) is 0 Å². The van der Waals surface area contributed by atoms with E-state index in [1.165, 1.54) is 7.11 Å². The van der Waals surface area contributed by atoms with Gasteiger partial charge in [-0.15, -0.1) is 0 Å². The molecule has 0 aromatic heterocycles. The molecule has 0 spiro atoms. The van der Waals surface area contributed by atoms with Crippen molar-refractivity contribution in [2.24, 2.45) is 5.73 Å². The number of nitrogens with two attached hydrogens (primary N) is 1. The molecule has 72 valence electrons. The summed E-state index contributed by atoms with van der Waals surface area (Å²) < 4.78 is 4.93. The van der Waals surface area contributed by atoms with Crippen LogP contribution in [0.2, 0.25) is 0 Å². The van der Waals surface area contributed by atoms with Crippen LogP contribution >= 0.6 is 0 Å². The number of aliphatic hydroxyl groups excluding tert-OH is 1. The Bertz CT molecular complexity index is 239. The van der Waals surface area contributed by atoms with Gasteiger partial charge in [0.1, 0.15) is 6.23 Å². The lowest BCUT2D eigenvalue weighted by molar-refractivity contribution is 0.00920. The first-order chi connectivity index (χ1) is 6.24. The van der Waals surface area contributed by atoms with E-state index >= 15 is 0 Å². The molecule has 0 aliphatic heterocycles. The second-order valence-electron chi connectivity index (χ2n) is 2.66. The normalized spacial score (nSPS) is 15.0. The SMILES string of the molecule is COC(Nc1ccccc1)C(N)O. The number of ether oxygens (including phenoxy) is 1. The van der Waals surface area contributed by atoms with E-state index in [2.05, 4.69) is 5.32 Å². The Morgan fingerprint density at radius 3 is 2.46 bits per heavy atom. The highest BCUT2D eigenvalue weighted by atomic mass is 16.5. The molecule has 2 atom stereocenters. The third-order valence-electron chi connectivity index (χ3n) is 1.65. The number of rotatable bonds is 4. The molecule has 1 rings (SSSR count). The van der Waals surface area contributed by atoms with Gasteiger partial charge in [0.15, 0.2) is 6.23 Å². The highest BCUT2D eigenvalue weighted by molar-refractivity contribution is 5.43. The van der Waals surface area contributed by atoms with E-state index in [4.69, 9.17) is 15.6 Å². The predicted octanol–water partition coefficient (Wildman–Crippen LogP) is 0.348. The Labute approximate surface area is 77.3 Å². The summed E-state index contributed by atoms with van der Waals surface area (Å²) in [6.45, 7) is 0. The first kappa shape index (κ1) is 9.98. The average Bonchev–Trinajstić information content (AvgIpc) is 2.15. The van der Waals surface area contributed by atoms with E-state index in [-0.39, 0.29) is 0 Å². The van der Waals surface area contributed by atoms with Crippen LogP contribution in [0.15, 0.2) is 30.3 Å². The highest BCUT2D eigenvalue weighted by Crippen LogP contribution is 2.07. The summed E-state index contributed by atoms with van der Waals surface area (Å²) in [6.07, 6.45) is -1.62. The van der Waals surface area contributed by atoms with Crippen LogP contribution in [-0.2, 0) is 4.74 Å². The quantitative estimate of drug-likeness (QED) is 0.588. The van der Waals surface area contributed by atoms with Gasteiger partial charge in [-0.3, -0.25) is 0 Å². The van der Waals surface area contributed by atoms with Gasteiger partial charge >= 0.3 is 0 Å². The minimum Gasteiger partial charge on any atom is -0.374 e. The van der Waals surface area contributed by atoms with Crippen LogP contribution in [0.3, 0.4) is 0 Å². The maximum absolute atomic E-state index is 9.06. The number of para-hydroxylation sites is 1. The molecule has 0 saturated heterocycles. The fraction of sp³-hybridized carbons (Fsp3) is 0.333. The van der Waals surface area contributed by atoms with E-state index in [1.54, 1.807) is 0 Å². The maximum atomic E-state index is 9.06. The van der Waals surface area contributed by atoms with Crippen molar-refractivity contribution in [3.8, 4) is 0 Å². The zero-order chi connectivity index (χ0) is 9.68. The van der Waals surface area contributed by atoms with Crippen LogP contribution in [0.5, 0.6) is 0 Å². The first-order valence-corrected chi connectivity index (χ1v) is 4.02. The maximum Gasteiger partial charge on any atom is 0.166 e. The van der Waals surface area contributed by atoms with Crippen LogP contribution in [0.1, 0.15) is 0 Å². The molecule has 2 unspecified atom stereocenters. The molecule has 0 bridgehead atoms. The highest BCUT2D eigenvalue weighted by Gasteiger charge is 2.12. The van der Waals surface area contributed by atoms with Gasteiger partial charge in [-0.05, 0) is 12.1 Å². The molecule has 4 heteroatoms. The lowest BCUT2D eigenvalue weighted by atomic mass is 10.3. The number of nitrogens with one attached hydrogen (secondary N) is 1. The molecule has 0 radical (unpaired) electrons. The molecule has 13 heavy (non-hydrogen) atoms. The van der Waals surface area contributed by atoms with Crippen LogP contribution in [0.4, 0.5) is 5.69 Å². The number of benzene rings is 1. The Balaban J connectivity index is 2.57. The van der Waals surface area contributed by atoms with Gasteiger partial charge in [-0.2, -0.15) is 0 Å². The average molecular weight is 182 g/mol. The van der Waals surface area contributed by atoms with Crippen molar-refractivity contribution in [3.05, 3.63) is 30.3 Å². The molecule has 1 aromatic rings. The second-order valence-corrected chi connectivity index (χ2v) is 2.66. The van der Waals surface area contributed by atoms with Gasteiger partial charge in [0, 0.05) is 12.8 Å². The summed E-state index contributed by atoms with van der Waals surface area (Å²) in [4.78, 5) is 0. The third-order valence-corrected chi connectivity index (χ3v) is 1.65. The number of aliphatic hydroxyl groups is 1. The molecule has 1 aromatic carbocycles. The summed E-state index contributed by atoms with van der Waals surface area (Å²) in [5.74, 6) is 0. The van der Waals surface area contributed by atoms with Gasteiger partial charge in [0.2, 0.25) is 0 Å². The third kappa shape index (κ3) is 3.02. The minimum atomic E-state index is -1.04. The van der Waals surface area contributed by atoms with E-state index in [1.807, 2.05) is 30.3 Å². The zero-order valence-electron chi connectivity index (χ0n) is 7.47. The van der Waals surface area contributed by atoms with E-state index in [0.29, 0.717) is 0 Å². The van der Waals surface area contributed by atoms with Crippen LogP contribution in [0, 0.1) is 0 Å². The Morgan fingerprint density at radius 2 is 2.00 bits per heavy atom. The monoisotopic (exact) mass is 182 g/mol. The summed E-state index contributed by atoms with van der Waals surface area (Å²) >= 11 is 0. The lowest BCUT2D eigenvalue weighted by Gasteiger charge is -2.20. The van der Waals surface area contributed by atoms with E-state index in [0.717, 1.165) is 5.69 Å². The Morgan fingerprint density at radius 1 is 1.38 bits per heavy atom. The number of hydrogen-bond acceptors (Lipinski definition) is 4. The first-order valence-electron chi connectivity index (χ1n) is 4.02. The Hall–Kier alpha value is -1.10. The van der Waals surface area contributed by atoms with Crippen LogP contribution < -0.4 is 11.1 Å². The molecule has 0 heterocycles. The van der Waals surface area contributed by atoms with Gasteiger partial charge < -0.3 is 20.9 Å². The van der Waals surface area contributed by atoms with Gasteiger partial charge in [0.25, 0.3) is 0 Å².